The molecule has 8 heteroatoms. The molecule has 1 fully saturated rings. The first-order chi connectivity index (χ1) is 19.3. The molecule has 0 aliphatic carbocycles. The average molecular weight is 582 g/mol. The van der Waals surface area contributed by atoms with E-state index in [0.717, 1.165) is 37.9 Å². The molecule has 2 atom stereocenters. The zero-order valence-corrected chi connectivity index (χ0v) is 24.4. The van der Waals surface area contributed by atoms with E-state index in [4.69, 9.17) is 32.7 Å². The van der Waals surface area contributed by atoms with Gasteiger partial charge >= 0.3 is 0 Å². The third-order valence-electron chi connectivity index (χ3n) is 7.99. The Morgan fingerprint density at radius 1 is 1.10 bits per heavy atom. The maximum Gasteiger partial charge on any atom is 0.253 e. The van der Waals surface area contributed by atoms with Crippen LogP contribution in [0, 0.1) is 0 Å². The summed E-state index contributed by atoms with van der Waals surface area (Å²) < 4.78 is 11.8. The number of piperidine rings is 1. The molecule has 1 saturated heterocycles. The van der Waals surface area contributed by atoms with E-state index in [0.29, 0.717) is 52.2 Å². The number of Topliss-reactive ketones (excluding diaryl/α,β-unsaturated/α-hetero) is 1. The van der Waals surface area contributed by atoms with Gasteiger partial charge in [-0.05, 0) is 80.4 Å². The van der Waals surface area contributed by atoms with E-state index in [9.17, 15) is 9.59 Å². The molecule has 0 N–H and O–H groups in total. The number of rotatable bonds is 8. The highest BCUT2D eigenvalue weighted by Gasteiger charge is 2.43. The van der Waals surface area contributed by atoms with Crippen molar-refractivity contribution >= 4 is 34.9 Å². The monoisotopic (exact) mass is 580 g/mol. The van der Waals surface area contributed by atoms with Crippen LogP contribution in [0.15, 0.2) is 66.7 Å². The minimum Gasteiger partial charge on any atom is -0.497 e. The number of likely N-dealkylation sites (tertiary alicyclic amines) is 1. The molecule has 2 aliphatic rings. The first-order valence-electron chi connectivity index (χ1n) is 13.6. The molecule has 0 bridgehead atoms. The summed E-state index contributed by atoms with van der Waals surface area (Å²) in [4.78, 5) is 30.4. The van der Waals surface area contributed by atoms with Crippen molar-refractivity contribution in [2.24, 2.45) is 0 Å². The predicted molar refractivity (Wildman–Crippen MR) is 158 cm³/mol. The van der Waals surface area contributed by atoms with Crippen LogP contribution in [0.1, 0.15) is 57.9 Å². The maximum absolute atomic E-state index is 13.1. The number of ketones is 1. The molecular formula is C32H34Cl2N2O4. The molecule has 2 heterocycles. The molecule has 0 aromatic heterocycles. The minimum atomic E-state index is -0.532. The predicted octanol–water partition coefficient (Wildman–Crippen LogP) is 6.75. The smallest absolute Gasteiger partial charge is 0.253 e. The Kier molecular flexibility index (Phi) is 8.69. The Bertz CT molecular complexity index is 1380. The lowest BCUT2D eigenvalue weighted by atomic mass is 9.83. The number of hydrogen-bond acceptors (Lipinski definition) is 5. The molecule has 3 aromatic carbocycles. The summed E-state index contributed by atoms with van der Waals surface area (Å²) in [6.07, 6.45) is 2.95. The number of amides is 1. The lowest BCUT2D eigenvalue weighted by Crippen LogP contribution is -2.54. The number of methoxy groups -OCH3 is 1. The van der Waals surface area contributed by atoms with Crippen LogP contribution >= 0.6 is 23.2 Å². The normalized spacial score (nSPS) is 19.6. The first-order valence-corrected chi connectivity index (χ1v) is 14.4. The summed E-state index contributed by atoms with van der Waals surface area (Å²) in [6, 6.07) is 20.5. The standard InChI is InChI=1S/C32H34Cl2N2O4/c1-35(31(38)22-7-4-3-5-8-22)20-24(23-9-11-27(33)28(34)17-23)13-16-36-15-6-14-32(21-36)19-29(37)26-18-25(39-2)10-12-30(26)40-32/h3-5,7-12,17-18,24H,6,13-16,19-21H2,1-2H3/t24-,32?/m1/s1. The van der Waals surface area contributed by atoms with E-state index in [1.165, 1.54) is 0 Å². The molecule has 5 rings (SSSR count). The third kappa shape index (κ3) is 6.30. The highest BCUT2D eigenvalue weighted by Crippen LogP contribution is 2.40. The summed E-state index contributed by atoms with van der Waals surface area (Å²) in [5.41, 5.74) is 1.76. The first kappa shape index (κ1) is 28.5. The van der Waals surface area contributed by atoms with Crippen LogP contribution in [-0.4, -0.2) is 67.4 Å². The lowest BCUT2D eigenvalue weighted by molar-refractivity contribution is -0.0187. The van der Waals surface area contributed by atoms with Gasteiger partial charge in [-0.25, -0.2) is 0 Å². The van der Waals surface area contributed by atoms with Gasteiger partial charge < -0.3 is 14.4 Å². The van der Waals surface area contributed by atoms with Crippen LogP contribution in [0.4, 0.5) is 0 Å². The van der Waals surface area contributed by atoms with Crippen LogP contribution in [-0.2, 0) is 0 Å². The second kappa shape index (κ2) is 12.2. The number of ether oxygens (including phenoxy) is 2. The molecule has 1 spiro atoms. The molecule has 2 aliphatic heterocycles. The number of nitrogens with zero attached hydrogens (tertiary/aromatic N) is 2. The summed E-state index contributed by atoms with van der Waals surface area (Å²) >= 11 is 12.6. The van der Waals surface area contributed by atoms with Crippen molar-refractivity contribution in [3.8, 4) is 11.5 Å². The van der Waals surface area contributed by atoms with Crippen LogP contribution in [0.5, 0.6) is 11.5 Å². The van der Waals surface area contributed by atoms with Crippen molar-refractivity contribution < 1.29 is 19.1 Å². The molecule has 0 saturated carbocycles. The van der Waals surface area contributed by atoms with E-state index in [1.54, 1.807) is 18.1 Å². The molecule has 1 amide bonds. The van der Waals surface area contributed by atoms with Crippen molar-refractivity contribution in [3.63, 3.8) is 0 Å². The Hall–Kier alpha value is -3.06. The number of halogens is 2. The van der Waals surface area contributed by atoms with E-state index < -0.39 is 5.60 Å². The van der Waals surface area contributed by atoms with Gasteiger partial charge in [0.05, 0.1) is 29.1 Å². The highest BCUT2D eigenvalue weighted by atomic mass is 35.5. The molecule has 40 heavy (non-hydrogen) atoms. The van der Waals surface area contributed by atoms with Crippen LogP contribution in [0.25, 0.3) is 0 Å². The summed E-state index contributed by atoms with van der Waals surface area (Å²) in [6.45, 7) is 2.95. The van der Waals surface area contributed by atoms with Crippen molar-refractivity contribution in [2.75, 3.05) is 40.3 Å². The van der Waals surface area contributed by atoms with Gasteiger partial charge in [0.25, 0.3) is 5.91 Å². The molecule has 0 radical (unpaired) electrons. The zero-order chi connectivity index (χ0) is 28.3. The van der Waals surface area contributed by atoms with Crippen LogP contribution in [0.2, 0.25) is 10.0 Å². The van der Waals surface area contributed by atoms with Crippen molar-refractivity contribution in [1.82, 2.24) is 9.80 Å². The van der Waals surface area contributed by atoms with Crippen molar-refractivity contribution in [2.45, 2.75) is 37.2 Å². The Labute approximate surface area is 245 Å². The SMILES string of the molecule is COc1ccc2c(c1)C(=O)CC1(CCCN(CC[C@H](CN(C)C(=O)c3ccccc3)c3ccc(Cl)c(Cl)c3)C1)O2. The molecule has 1 unspecified atom stereocenters. The number of benzene rings is 3. The number of carbonyl (C=O) groups is 2. The van der Waals surface area contributed by atoms with Gasteiger partial charge in [0.15, 0.2) is 5.78 Å². The largest absolute Gasteiger partial charge is 0.497 e. The Morgan fingerprint density at radius 2 is 1.90 bits per heavy atom. The molecule has 6 nitrogen and oxygen atoms in total. The van der Waals surface area contributed by atoms with E-state index in [2.05, 4.69) is 4.90 Å². The van der Waals surface area contributed by atoms with Gasteiger partial charge in [0.1, 0.15) is 17.1 Å². The number of carbonyl (C=O) groups excluding carboxylic acids is 2. The van der Waals surface area contributed by atoms with Gasteiger partial charge in [-0.2, -0.15) is 0 Å². The topological polar surface area (TPSA) is 59.1 Å². The quantitative estimate of drug-likeness (QED) is 0.295. The molecule has 3 aromatic rings. The average Bonchev–Trinajstić information content (AvgIpc) is 2.96. The Morgan fingerprint density at radius 3 is 2.65 bits per heavy atom. The highest BCUT2D eigenvalue weighted by molar-refractivity contribution is 6.42. The Balaban J connectivity index is 1.30. The van der Waals surface area contributed by atoms with Crippen molar-refractivity contribution in [1.29, 1.82) is 0 Å². The van der Waals surface area contributed by atoms with E-state index in [1.807, 2.05) is 67.7 Å². The fraction of sp³-hybridized carbons (Fsp3) is 0.375. The molecule has 210 valence electrons. The zero-order valence-electron chi connectivity index (χ0n) is 22.9. The van der Waals surface area contributed by atoms with Crippen LogP contribution < -0.4 is 9.47 Å². The summed E-state index contributed by atoms with van der Waals surface area (Å²) in [5.74, 6) is 1.41. The van der Waals surface area contributed by atoms with Gasteiger partial charge in [0.2, 0.25) is 0 Å². The minimum absolute atomic E-state index is 0.0213. The second-order valence-electron chi connectivity index (χ2n) is 10.8. The maximum atomic E-state index is 13.1. The van der Waals surface area contributed by atoms with Crippen LogP contribution in [0.3, 0.4) is 0 Å². The van der Waals surface area contributed by atoms with Gasteiger partial charge in [-0.1, -0.05) is 47.5 Å². The van der Waals surface area contributed by atoms with E-state index in [-0.39, 0.29) is 17.6 Å². The fourth-order valence-electron chi connectivity index (χ4n) is 5.89. The fourth-order valence-corrected chi connectivity index (χ4v) is 6.20. The van der Waals surface area contributed by atoms with Gasteiger partial charge in [0, 0.05) is 31.6 Å². The summed E-state index contributed by atoms with van der Waals surface area (Å²) in [5, 5.41) is 1.01. The number of fused-ring (bicyclic) bond motifs is 1. The summed E-state index contributed by atoms with van der Waals surface area (Å²) in [7, 11) is 3.43. The van der Waals surface area contributed by atoms with Gasteiger partial charge in [-0.15, -0.1) is 0 Å². The number of hydrogen-bond donors (Lipinski definition) is 0. The lowest BCUT2D eigenvalue weighted by Gasteiger charge is -2.45. The third-order valence-corrected chi connectivity index (χ3v) is 8.72. The van der Waals surface area contributed by atoms with E-state index >= 15 is 0 Å². The number of likely N-dealkylation sites (N-methyl/N-ethyl adjacent to an activating group) is 1. The van der Waals surface area contributed by atoms with Crippen molar-refractivity contribution in [3.05, 3.63) is 93.5 Å². The van der Waals surface area contributed by atoms with Gasteiger partial charge in [-0.3, -0.25) is 14.5 Å². The second-order valence-corrected chi connectivity index (χ2v) is 11.7. The molecular weight excluding hydrogens is 547 g/mol.